The van der Waals surface area contributed by atoms with Crippen LogP contribution < -0.4 is 16.0 Å². The summed E-state index contributed by atoms with van der Waals surface area (Å²) in [5.41, 5.74) is 2.76. The van der Waals surface area contributed by atoms with Crippen LogP contribution in [0.1, 0.15) is 6.92 Å². The number of nitrogens with two attached hydrogens (primary N) is 1. The number of hydrogen-bond acceptors (Lipinski definition) is 6. The monoisotopic (exact) mass is 314 g/mol. The zero-order chi connectivity index (χ0) is 15.3. The number of nitrogens with one attached hydrogen (secondary N) is 2. The third-order valence-corrected chi connectivity index (χ3v) is 4.98. The molecule has 1 atom stereocenters. The molecule has 0 aromatic heterocycles. The molecule has 1 unspecified atom stereocenters. The van der Waals surface area contributed by atoms with Crippen LogP contribution in [0.5, 0.6) is 0 Å². The Morgan fingerprint density at radius 1 is 1.43 bits per heavy atom. The second-order valence-corrected chi connectivity index (χ2v) is 6.61. The van der Waals surface area contributed by atoms with E-state index in [0.29, 0.717) is 12.3 Å². The minimum Gasteiger partial charge on any atom is -0.374 e. The molecule has 1 saturated heterocycles. The fraction of sp³-hybridized carbons (Fsp3) is 0.538. The van der Waals surface area contributed by atoms with Crippen LogP contribution in [0.15, 0.2) is 29.2 Å². The van der Waals surface area contributed by atoms with Crippen molar-refractivity contribution in [1.82, 2.24) is 9.62 Å². The van der Waals surface area contributed by atoms with Crippen molar-refractivity contribution in [1.29, 1.82) is 0 Å². The molecule has 118 valence electrons. The molecule has 1 aromatic carbocycles. The van der Waals surface area contributed by atoms with Gasteiger partial charge in [-0.1, -0.05) is 19.1 Å². The number of morpholine rings is 1. The van der Waals surface area contributed by atoms with E-state index in [1.165, 1.54) is 6.07 Å². The molecule has 0 spiro atoms. The number of para-hydroxylation sites is 1. The molecular formula is C13H22N4O3S. The highest BCUT2D eigenvalue weighted by Crippen LogP contribution is 2.19. The first-order valence-electron chi connectivity index (χ1n) is 6.96. The van der Waals surface area contributed by atoms with Gasteiger partial charge in [0.1, 0.15) is 4.90 Å². The van der Waals surface area contributed by atoms with Crippen LogP contribution in [0, 0.1) is 0 Å². The van der Waals surface area contributed by atoms with Gasteiger partial charge in [-0.3, -0.25) is 10.7 Å². The molecule has 7 nitrogen and oxygen atoms in total. The molecule has 4 N–H and O–H groups in total. The number of hydrogen-bond donors (Lipinski definition) is 3. The zero-order valence-electron chi connectivity index (χ0n) is 12.1. The fourth-order valence-electron chi connectivity index (χ4n) is 2.29. The number of benzene rings is 1. The number of nitrogens with zero attached hydrogens (tertiary/aromatic N) is 1. The van der Waals surface area contributed by atoms with Gasteiger partial charge in [0.05, 0.1) is 18.4 Å². The maximum absolute atomic E-state index is 12.3. The van der Waals surface area contributed by atoms with Crippen molar-refractivity contribution in [2.24, 2.45) is 5.84 Å². The van der Waals surface area contributed by atoms with Crippen LogP contribution in [0.3, 0.4) is 0 Å². The molecule has 1 heterocycles. The van der Waals surface area contributed by atoms with Gasteiger partial charge in [0.15, 0.2) is 0 Å². The van der Waals surface area contributed by atoms with Gasteiger partial charge in [0.2, 0.25) is 10.0 Å². The maximum Gasteiger partial charge on any atom is 0.242 e. The maximum atomic E-state index is 12.3. The van der Waals surface area contributed by atoms with Crippen molar-refractivity contribution in [3.8, 4) is 0 Å². The average molecular weight is 314 g/mol. The summed E-state index contributed by atoms with van der Waals surface area (Å²) in [5.74, 6) is 5.35. The summed E-state index contributed by atoms with van der Waals surface area (Å²) >= 11 is 0. The Morgan fingerprint density at radius 2 is 2.19 bits per heavy atom. The molecule has 0 aliphatic carbocycles. The highest BCUT2D eigenvalue weighted by atomic mass is 32.2. The Balaban J connectivity index is 2.01. The van der Waals surface area contributed by atoms with E-state index in [-0.39, 0.29) is 17.5 Å². The van der Waals surface area contributed by atoms with Crippen molar-refractivity contribution in [2.75, 3.05) is 38.2 Å². The predicted molar refractivity (Wildman–Crippen MR) is 81.3 cm³/mol. The van der Waals surface area contributed by atoms with Crippen LogP contribution in [-0.4, -0.2) is 52.2 Å². The highest BCUT2D eigenvalue weighted by molar-refractivity contribution is 7.89. The van der Waals surface area contributed by atoms with Crippen LogP contribution in [0.2, 0.25) is 0 Å². The van der Waals surface area contributed by atoms with Crippen molar-refractivity contribution in [2.45, 2.75) is 17.9 Å². The number of nitrogen functional groups attached to an aromatic ring is 1. The third kappa shape index (κ3) is 4.14. The highest BCUT2D eigenvalue weighted by Gasteiger charge is 2.23. The molecule has 0 saturated carbocycles. The lowest BCUT2D eigenvalue weighted by molar-refractivity contribution is -0.0229. The van der Waals surface area contributed by atoms with Gasteiger partial charge in [-0.25, -0.2) is 13.1 Å². The summed E-state index contributed by atoms with van der Waals surface area (Å²) in [6, 6.07) is 6.50. The second-order valence-electron chi connectivity index (χ2n) is 4.88. The number of hydrazine groups is 1. The molecule has 8 heteroatoms. The third-order valence-electron chi connectivity index (χ3n) is 3.50. The van der Waals surface area contributed by atoms with E-state index in [9.17, 15) is 8.42 Å². The Hall–Kier alpha value is -1.19. The average Bonchev–Trinajstić information content (AvgIpc) is 2.53. The van der Waals surface area contributed by atoms with Crippen LogP contribution >= 0.6 is 0 Å². The molecule has 1 aromatic rings. The van der Waals surface area contributed by atoms with E-state index in [2.05, 4.69) is 22.0 Å². The van der Waals surface area contributed by atoms with E-state index in [4.69, 9.17) is 10.6 Å². The molecule has 0 radical (unpaired) electrons. The minimum absolute atomic E-state index is 0.133. The number of likely N-dealkylation sites (N-methyl/N-ethyl adjacent to an activating group) is 1. The van der Waals surface area contributed by atoms with Crippen LogP contribution in [0.4, 0.5) is 5.69 Å². The minimum atomic E-state index is -3.62. The van der Waals surface area contributed by atoms with E-state index in [1.807, 2.05) is 0 Å². The Bertz CT molecular complexity index is 564. The van der Waals surface area contributed by atoms with E-state index in [1.54, 1.807) is 18.2 Å². The fourth-order valence-corrected chi connectivity index (χ4v) is 3.53. The first-order chi connectivity index (χ1) is 10.1. The SMILES string of the molecule is CCN1CCOC(CNS(=O)(=O)c2ccccc2NN)C1. The molecule has 1 aliphatic heterocycles. The Morgan fingerprint density at radius 3 is 2.90 bits per heavy atom. The molecule has 21 heavy (non-hydrogen) atoms. The van der Waals surface area contributed by atoms with E-state index in [0.717, 1.165) is 19.6 Å². The summed E-state index contributed by atoms with van der Waals surface area (Å²) in [6.45, 7) is 5.51. The zero-order valence-corrected chi connectivity index (χ0v) is 12.9. The first-order valence-corrected chi connectivity index (χ1v) is 8.44. The second kappa shape index (κ2) is 7.19. The number of anilines is 1. The van der Waals surface area contributed by atoms with Gasteiger partial charge in [-0.05, 0) is 18.7 Å². The van der Waals surface area contributed by atoms with Crippen molar-refractivity contribution >= 4 is 15.7 Å². The Labute approximate surface area is 125 Å². The summed E-state index contributed by atoms with van der Waals surface area (Å²) in [6.07, 6.45) is -0.133. The predicted octanol–water partition coefficient (Wildman–Crippen LogP) is -0.0288. The lowest BCUT2D eigenvalue weighted by Gasteiger charge is -2.32. The standard InChI is InChI=1S/C13H22N4O3S/c1-2-17-7-8-20-11(10-17)9-15-21(18,19)13-6-4-3-5-12(13)16-14/h3-6,11,15-16H,2,7-10,14H2,1H3. The van der Waals surface area contributed by atoms with E-state index < -0.39 is 10.0 Å². The first kappa shape index (κ1) is 16.2. The van der Waals surface area contributed by atoms with Gasteiger partial charge < -0.3 is 10.2 Å². The van der Waals surface area contributed by atoms with E-state index >= 15 is 0 Å². The van der Waals surface area contributed by atoms with Gasteiger partial charge in [0, 0.05) is 19.6 Å². The summed E-state index contributed by atoms with van der Waals surface area (Å²) in [5, 5.41) is 0. The smallest absolute Gasteiger partial charge is 0.242 e. The molecule has 0 amide bonds. The summed E-state index contributed by atoms with van der Waals surface area (Å²) in [4.78, 5) is 2.37. The molecule has 1 aliphatic rings. The molecule has 2 rings (SSSR count). The molecule has 0 bridgehead atoms. The number of sulfonamides is 1. The lowest BCUT2D eigenvalue weighted by atomic mass is 10.3. The summed E-state index contributed by atoms with van der Waals surface area (Å²) < 4.78 is 32.8. The van der Waals surface area contributed by atoms with Crippen LogP contribution in [-0.2, 0) is 14.8 Å². The topological polar surface area (TPSA) is 96.7 Å². The van der Waals surface area contributed by atoms with Gasteiger partial charge in [-0.2, -0.15) is 0 Å². The van der Waals surface area contributed by atoms with Gasteiger partial charge in [0.25, 0.3) is 0 Å². The summed E-state index contributed by atoms with van der Waals surface area (Å²) in [7, 11) is -3.62. The molecular weight excluding hydrogens is 292 g/mol. The van der Waals surface area contributed by atoms with Gasteiger partial charge >= 0.3 is 0 Å². The number of rotatable bonds is 6. The van der Waals surface area contributed by atoms with Crippen molar-refractivity contribution in [3.05, 3.63) is 24.3 Å². The van der Waals surface area contributed by atoms with Crippen molar-refractivity contribution in [3.63, 3.8) is 0 Å². The quantitative estimate of drug-likeness (QED) is 0.504. The largest absolute Gasteiger partial charge is 0.374 e. The molecule has 1 fully saturated rings. The van der Waals surface area contributed by atoms with Crippen molar-refractivity contribution < 1.29 is 13.2 Å². The normalized spacial score (nSPS) is 20.4. The lowest BCUT2D eigenvalue weighted by Crippen LogP contribution is -2.47. The number of ether oxygens (including phenoxy) is 1. The van der Waals surface area contributed by atoms with Gasteiger partial charge in [-0.15, -0.1) is 0 Å². The Kier molecular flexibility index (Phi) is 5.54. The van der Waals surface area contributed by atoms with Crippen LogP contribution in [0.25, 0.3) is 0 Å².